The van der Waals surface area contributed by atoms with E-state index in [9.17, 15) is 55.1 Å². The molecule has 0 bridgehead atoms. The first-order valence-electron chi connectivity index (χ1n) is 16.8. The number of anilines is 1. The summed E-state index contributed by atoms with van der Waals surface area (Å²) < 4.78 is 79.3. The quantitative estimate of drug-likeness (QED) is 0.131. The summed E-state index contributed by atoms with van der Waals surface area (Å²) in [5.74, 6) is -8.53. The number of hydrogen-bond acceptors (Lipinski definition) is 10. The molecule has 2 heterocycles. The Hall–Kier alpha value is -5.63. The molecule has 1 aliphatic heterocycles. The van der Waals surface area contributed by atoms with Crippen molar-refractivity contribution in [1.82, 2.24) is 19.8 Å². The maximum absolute atomic E-state index is 14.2. The molecule has 3 atom stereocenters. The Morgan fingerprint density at radius 3 is 1.96 bits per heavy atom. The van der Waals surface area contributed by atoms with Crippen LogP contribution in [0.1, 0.15) is 44.7 Å². The lowest BCUT2D eigenvalue weighted by Crippen LogP contribution is -2.56. The molecule has 2 aromatic carbocycles. The van der Waals surface area contributed by atoms with Crippen molar-refractivity contribution in [1.29, 1.82) is 0 Å². The minimum Gasteiger partial charge on any atom is -0.467 e. The average Bonchev–Trinajstić information content (AvgIpc) is 3.83. The predicted molar refractivity (Wildman–Crippen MR) is 185 cm³/mol. The van der Waals surface area contributed by atoms with Gasteiger partial charge in [0.25, 0.3) is 11.8 Å². The van der Waals surface area contributed by atoms with E-state index in [0.717, 1.165) is 5.56 Å². The average molecular weight is 799 g/mol. The Bertz CT molecular complexity index is 1840. The molecule has 1 saturated heterocycles. The number of benzene rings is 2. The van der Waals surface area contributed by atoms with Crippen LogP contribution < -0.4 is 16.4 Å². The van der Waals surface area contributed by atoms with Crippen molar-refractivity contribution in [2.24, 2.45) is 5.73 Å². The summed E-state index contributed by atoms with van der Waals surface area (Å²) in [5, 5.41) is 5.39. The minimum atomic E-state index is -5.77. The highest BCUT2D eigenvalue weighted by Crippen LogP contribution is 2.33. The second-order valence-corrected chi connectivity index (χ2v) is 13.2. The molecule has 0 spiro atoms. The molecular weight excluding hydrogens is 758 g/mol. The smallest absolute Gasteiger partial charge is 0.458 e. The largest absolute Gasteiger partial charge is 0.467 e. The number of nitrogens with zero attached hydrogens (tertiary/aromatic N) is 3. The van der Waals surface area contributed by atoms with Gasteiger partial charge in [0.1, 0.15) is 17.6 Å². The number of nitrogens with two attached hydrogens (primary N) is 1. The molecule has 1 aromatic heterocycles. The van der Waals surface area contributed by atoms with Gasteiger partial charge in [-0.25, -0.2) is 9.78 Å². The molecule has 4 N–H and O–H groups in total. The van der Waals surface area contributed by atoms with Gasteiger partial charge in [0.15, 0.2) is 5.82 Å². The fraction of sp³-hybridized carbons (Fsp3) is 0.417. The Labute approximate surface area is 316 Å². The van der Waals surface area contributed by atoms with Crippen LogP contribution in [0, 0.1) is 0 Å². The van der Waals surface area contributed by atoms with E-state index in [0.29, 0.717) is 24.9 Å². The van der Waals surface area contributed by atoms with Crippen LogP contribution in [0.25, 0.3) is 0 Å². The van der Waals surface area contributed by atoms with Crippen molar-refractivity contribution in [2.75, 3.05) is 25.6 Å². The predicted octanol–water partition coefficient (Wildman–Crippen LogP) is 3.44. The fourth-order valence-corrected chi connectivity index (χ4v) is 5.31. The van der Waals surface area contributed by atoms with E-state index in [1.807, 2.05) is 60.7 Å². The van der Waals surface area contributed by atoms with Gasteiger partial charge in [0, 0.05) is 12.7 Å². The number of halogens is 6. The van der Waals surface area contributed by atoms with Crippen LogP contribution in [0.15, 0.2) is 73.2 Å². The first kappa shape index (κ1) is 44.8. The van der Waals surface area contributed by atoms with E-state index in [1.54, 1.807) is 22.6 Å². The molecule has 3 amide bonds. The molecule has 0 aliphatic carbocycles. The zero-order valence-corrected chi connectivity index (χ0v) is 30.6. The highest BCUT2D eigenvalue weighted by atomic mass is 19.4. The Morgan fingerprint density at radius 2 is 1.45 bits per heavy atom. The van der Waals surface area contributed by atoms with E-state index < -0.39 is 64.9 Å². The van der Waals surface area contributed by atoms with E-state index >= 15 is 0 Å². The summed E-state index contributed by atoms with van der Waals surface area (Å²) in [6.45, 7) is 5.34. The van der Waals surface area contributed by atoms with Gasteiger partial charge >= 0.3 is 29.9 Å². The summed E-state index contributed by atoms with van der Waals surface area (Å²) in [6, 6.07) is 16.8. The van der Waals surface area contributed by atoms with Gasteiger partial charge in [-0.05, 0) is 44.7 Å². The Morgan fingerprint density at radius 1 is 0.893 bits per heavy atom. The van der Waals surface area contributed by atoms with Crippen molar-refractivity contribution in [3.63, 3.8) is 0 Å². The lowest BCUT2D eigenvalue weighted by molar-refractivity contribution is -0.193. The van der Waals surface area contributed by atoms with Gasteiger partial charge in [-0.15, -0.1) is 0 Å². The molecule has 56 heavy (non-hydrogen) atoms. The number of amides is 3. The lowest BCUT2D eigenvalue weighted by atomic mass is 9.89. The third-order valence-electron chi connectivity index (χ3n) is 8.41. The molecule has 0 radical (unpaired) electrons. The number of aromatic nitrogens is 2. The van der Waals surface area contributed by atoms with Crippen LogP contribution in [0.2, 0.25) is 0 Å². The molecule has 20 heteroatoms. The van der Waals surface area contributed by atoms with Crippen LogP contribution in [-0.2, 0) is 50.4 Å². The number of carbonyl (C=O) groups excluding carboxylic acids is 6. The minimum absolute atomic E-state index is 0.118. The summed E-state index contributed by atoms with van der Waals surface area (Å²) in [4.78, 5) is 77.9. The number of likely N-dealkylation sites (tertiary alicyclic amines) is 1. The maximum atomic E-state index is 14.2. The van der Waals surface area contributed by atoms with E-state index in [-0.39, 0.29) is 24.9 Å². The normalized spacial score (nSPS) is 16.1. The van der Waals surface area contributed by atoms with Crippen molar-refractivity contribution < 1.29 is 64.6 Å². The molecule has 0 saturated carbocycles. The van der Waals surface area contributed by atoms with Crippen LogP contribution in [0.5, 0.6) is 0 Å². The number of carbonyl (C=O) groups is 6. The number of ether oxygens (including phenoxy) is 2. The summed E-state index contributed by atoms with van der Waals surface area (Å²) in [7, 11) is 1.31. The van der Waals surface area contributed by atoms with Gasteiger partial charge in [-0.1, -0.05) is 60.7 Å². The number of esters is 1. The first-order chi connectivity index (χ1) is 26.0. The number of rotatable bonds is 13. The van der Waals surface area contributed by atoms with Gasteiger partial charge in [-0.2, -0.15) is 26.3 Å². The maximum Gasteiger partial charge on any atom is 0.458 e. The number of hydrogen-bond donors (Lipinski definition) is 3. The SMILES string of the molecule is COC(=O)[C@H]1CCCN1C(=O)C(C)(c1ccccc1)n1cnc(NC(=O)[C@@H](COCc2ccccc2)NC(=O)C(C)(C)N)c1.O=C(C(=O)C(F)(F)F)C(F)(F)F. The van der Waals surface area contributed by atoms with Gasteiger partial charge in [0.2, 0.25) is 5.91 Å². The van der Waals surface area contributed by atoms with Crippen molar-refractivity contribution in [2.45, 2.75) is 75.7 Å². The second-order valence-electron chi connectivity index (χ2n) is 13.2. The van der Waals surface area contributed by atoms with Crippen LogP contribution >= 0.6 is 0 Å². The highest BCUT2D eigenvalue weighted by Gasteiger charge is 2.54. The van der Waals surface area contributed by atoms with Crippen molar-refractivity contribution in [3.05, 3.63) is 84.3 Å². The van der Waals surface area contributed by atoms with Crippen molar-refractivity contribution >= 4 is 41.1 Å². The first-order valence-corrected chi connectivity index (χ1v) is 16.8. The molecule has 304 valence electrons. The van der Waals surface area contributed by atoms with Crippen molar-refractivity contribution in [3.8, 4) is 0 Å². The summed E-state index contributed by atoms with van der Waals surface area (Å²) in [6.07, 6.45) is -7.37. The molecule has 1 aliphatic rings. The lowest BCUT2D eigenvalue weighted by Gasteiger charge is -2.36. The number of Topliss-reactive ketones (excluding diaryl/α,β-unsaturated/α-hetero) is 2. The second kappa shape index (κ2) is 18.3. The van der Waals surface area contributed by atoms with Gasteiger partial charge in [-0.3, -0.25) is 24.0 Å². The zero-order chi connectivity index (χ0) is 42.1. The molecule has 1 fully saturated rings. The van der Waals surface area contributed by atoms with E-state index in [1.165, 1.54) is 27.3 Å². The number of nitrogens with one attached hydrogen (secondary N) is 2. The third-order valence-corrected chi connectivity index (χ3v) is 8.41. The zero-order valence-electron chi connectivity index (χ0n) is 30.6. The number of ketones is 2. The Balaban J connectivity index is 0.000000604. The third kappa shape index (κ3) is 11.4. The molecule has 4 rings (SSSR count). The number of alkyl halides is 6. The topological polar surface area (TPSA) is 192 Å². The summed E-state index contributed by atoms with van der Waals surface area (Å²) >= 11 is 0. The number of methoxy groups -OCH3 is 1. The van der Waals surface area contributed by atoms with Crippen LogP contribution in [0.3, 0.4) is 0 Å². The monoisotopic (exact) mass is 798 g/mol. The van der Waals surface area contributed by atoms with E-state index in [2.05, 4.69) is 15.6 Å². The molecule has 1 unspecified atom stereocenters. The standard InChI is InChI=1S/C32H40N6O6.C4F6O2/c1-31(2,33)29(41)35-24(20-44-19-22-12-7-5-8-13-22)27(39)36-26-18-37(21-34-26)32(3,23-14-9-6-10-15-23)30(42)38-17-11-16-25(38)28(40)43-4;5-3(6,7)1(11)2(12)4(8,9)10/h5-10,12-15,18,21,24-25H,11,16-17,19-20,33H2,1-4H3,(H,35,41)(H,36,39);/t24-,25-,32?;/m1./s1. The number of imidazole rings is 1. The fourth-order valence-electron chi connectivity index (χ4n) is 5.31. The molecule has 3 aromatic rings. The van der Waals surface area contributed by atoms with E-state index in [4.69, 9.17) is 15.2 Å². The molecular formula is C36H40F6N6O8. The van der Waals surface area contributed by atoms with Gasteiger partial charge in [0.05, 0.1) is 32.2 Å². The highest BCUT2D eigenvalue weighted by molar-refractivity contribution is 6.41. The van der Waals surface area contributed by atoms with Crippen LogP contribution in [0.4, 0.5) is 32.2 Å². The Kier molecular flexibility index (Phi) is 14.7. The van der Waals surface area contributed by atoms with Crippen LogP contribution in [-0.4, -0.2) is 99.9 Å². The summed E-state index contributed by atoms with van der Waals surface area (Å²) in [5.41, 5.74) is 5.01. The molecule has 14 nitrogen and oxygen atoms in total. The van der Waals surface area contributed by atoms with Gasteiger partial charge < -0.3 is 35.3 Å².